The van der Waals surface area contributed by atoms with Gasteiger partial charge in [0.15, 0.2) is 0 Å². The van der Waals surface area contributed by atoms with Gasteiger partial charge in [0, 0.05) is 31.8 Å². The van der Waals surface area contributed by atoms with Crippen molar-refractivity contribution in [3.05, 3.63) is 48.0 Å². The van der Waals surface area contributed by atoms with Crippen LogP contribution in [0.3, 0.4) is 0 Å². The van der Waals surface area contributed by atoms with Crippen LogP contribution in [0, 0.1) is 0 Å². The molecule has 0 saturated carbocycles. The zero-order valence-electron chi connectivity index (χ0n) is 14.2. The molecule has 1 fully saturated rings. The summed E-state index contributed by atoms with van der Waals surface area (Å²) >= 11 is 0. The lowest BCUT2D eigenvalue weighted by Gasteiger charge is -2.19. The Morgan fingerprint density at radius 1 is 1.32 bits per heavy atom. The third-order valence-electron chi connectivity index (χ3n) is 4.12. The topological polar surface area (TPSA) is 84.4 Å². The summed E-state index contributed by atoms with van der Waals surface area (Å²) in [5.41, 5.74) is 1.10. The van der Waals surface area contributed by atoms with Crippen LogP contribution in [-0.4, -0.2) is 41.5 Å². The number of rotatable bonds is 5. The number of carbonyl (C=O) groups is 2. The van der Waals surface area contributed by atoms with Crippen LogP contribution in [-0.2, 0) is 11.2 Å². The maximum absolute atomic E-state index is 12.3. The van der Waals surface area contributed by atoms with Crippen LogP contribution in [0.5, 0.6) is 5.75 Å². The Hall–Kier alpha value is -2.96. The van der Waals surface area contributed by atoms with Gasteiger partial charge in [-0.25, -0.2) is 9.97 Å². The fourth-order valence-electron chi connectivity index (χ4n) is 2.81. The highest BCUT2D eigenvalue weighted by Gasteiger charge is 2.33. The average Bonchev–Trinajstić information content (AvgIpc) is 3.01. The highest BCUT2D eigenvalue weighted by Crippen LogP contribution is 2.31. The van der Waals surface area contributed by atoms with Gasteiger partial charge in [0.2, 0.25) is 5.91 Å². The number of para-hydroxylation sites is 2. The molecule has 1 aliphatic heterocycles. The largest absolute Gasteiger partial charge is 0.495 e. The summed E-state index contributed by atoms with van der Waals surface area (Å²) in [7, 11) is 1.57. The molecular weight excluding hydrogens is 320 g/mol. The summed E-state index contributed by atoms with van der Waals surface area (Å²) < 4.78 is 5.32. The summed E-state index contributed by atoms with van der Waals surface area (Å²) in [6, 6.07) is 7.07. The molecule has 2 aromatic rings. The van der Waals surface area contributed by atoms with Gasteiger partial charge in [-0.15, -0.1) is 0 Å². The summed E-state index contributed by atoms with van der Waals surface area (Å²) in [5.74, 6) is 0.996. The van der Waals surface area contributed by atoms with Crippen LogP contribution in [0.4, 0.5) is 5.69 Å². The quantitative estimate of drug-likeness (QED) is 0.893. The molecule has 7 heteroatoms. The van der Waals surface area contributed by atoms with Crippen LogP contribution < -0.4 is 15.0 Å². The van der Waals surface area contributed by atoms with Crippen molar-refractivity contribution in [2.45, 2.75) is 25.8 Å². The number of anilines is 1. The van der Waals surface area contributed by atoms with Gasteiger partial charge in [0.05, 0.1) is 24.4 Å². The molecular formula is C18H20N4O3. The highest BCUT2D eigenvalue weighted by molar-refractivity contribution is 5.99. The molecule has 130 valence electrons. The minimum absolute atomic E-state index is 0.0487. The molecule has 0 bridgehead atoms. The van der Waals surface area contributed by atoms with E-state index in [0.717, 1.165) is 0 Å². The molecule has 3 rings (SSSR count). The number of ether oxygens (including phenoxy) is 1. The van der Waals surface area contributed by atoms with E-state index in [1.165, 1.54) is 12.4 Å². The normalized spacial score (nSPS) is 16.8. The van der Waals surface area contributed by atoms with E-state index < -0.39 is 0 Å². The maximum Gasteiger partial charge on any atom is 0.254 e. The Morgan fingerprint density at radius 3 is 2.72 bits per heavy atom. The first-order valence-electron chi connectivity index (χ1n) is 8.17. The molecule has 0 unspecified atom stereocenters. The third kappa shape index (κ3) is 3.60. The molecule has 0 aliphatic carbocycles. The number of hydrogen-bond acceptors (Lipinski definition) is 5. The predicted octanol–water partition coefficient (Wildman–Crippen LogP) is 1.58. The van der Waals surface area contributed by atoms with Crippen molar-refractivity contribution in [2.75, 3.05) is 18.6 Å². The van der Waals surface area contributed by atoms with Crippen LogP contribution in [0.2, 0.25) is 0 Å². The molecule has 2 amide bonds. The third-order valence-corrected chi connectivity index (χ3v) is 4.12. The monoisotopic (exact) mass is 340 g/mol. The van der Waals surface area contributed by atoms with Gasteiger partial charge in [-0.2, -0.15) is 0 Å². The van der Waals surface area contributed by atoms with Crippen LogP contribution in [0.25, 0.3) is 0 Å². The summed E-state index contributed by atoms with van der Waals surface area (Å²) in [5, 5.41) is 2.88. The Bertz CT molecular complexity index is 776. The zero-order valence-corrected chi connectivity index (χ0v) is 14.2. The zero-order chi connectivity index (χ0) is 17.8. The number of nitrogens with one attached hydrogen (secondary N) is 1. The van der Waals surface area contributed by atoms with Gasteiger partial charge in [0.1, 0.15) is 11.6 Å². The lowest BCUT2D eigenvalue weighted by atomic mass is 10.2. The summed E-state index contributed by atoms with van der Waals surface area (Å²) in [4.78, 5) is 34.6. The molecule has 1 aromatic carbocycles. The van der Waals surface area contributed by atoms with Gasteiger partial charge in [-0.05, 0) is 12.1 Å². The first kappa shape index (κ1) is 16.9. The van der Waals surface area contributed by atoms with E-state index in [1.807, 2.05) is 25.1 Å². The second kappa shape index (κ2) is 7.29. The van der Waals surface area contributed by atoms with E-state index in [0.29, 0.717) is 35.8 Å². The minimum Gasteiger partial charge on any atom is -0.495 e. The average molecular weight is 340 g/mol. The molecule has 1 N–H and O–H groups in total. The van der Waals surface area contributed by atoms with Gasteiger partial charge < -0.3 is 15.0 Å². The van der Waals surface area contributed by atoms with Gasteiger partial charge in [-0.3, -0.25) is 9.59 Å². The predicted molar refractivity (Wildman–Crippen MR) is 92.6 cm³/mol. The first-order valence-corrected chi connectivity index (χ1v) is 8.17. The van der Waals surface area contributed by atoms with E-state index >= 15 is 0 Å². The number of hydrogen-bond donors (Lipinski definition) is 1. The molecule has 1 aromatic heterocycles. The second-order valence-corrected chi connectivity index (χ2v) is 5.79. The van der Waals surface area contributed by atoms with Crippen molar-refractivity contribution in [1.82, 2.24) is 15.3 Å². The molecule has 1 saturated heterocycles. The minimum atomic E-state index is -0.276. The summed E-state index contributed by atoms with van der Waals surface area (Å²) in [6.07, 6.45) is 3.98. The Kier molecular flexibility index (Phi) is 4.92. The van der Waals surface area contributed by atoms with Gasteiger partial charge in [-0.1, -0.05) is 19.1 Å². The number of benzene rings is 1. The SMILES string of the molecule is CCc1ncc(C(=O)N[C@@H]2CC(=O)N(c3ccccc3OC)C2)cn1. The fraction of sp³-hybridized carbons (Fsp3) is 0.333. The number of methoxy groups -OCH3 is 1. The molecule has 1 aliphatic rings. The number of nitrogens with zero attached hydrogens (tertiary/aromatic N) is 3. The van der Waals surface area contributed by atoms with E-state index in [9.17, 15) is 9.59 Å². The summed E-state index contributed by atoms with van der Waals surface area (Å²) in [6.45, 7) is 2.35. The number of aromatic nitrogens is 2. The number of amides is 2. The Morgan fingerprint density at radius 2 is 2.04 bits per heavy atom. The smallest absolute Gasteiger partial charge is 0.254 e. The molecule has 0 radical (unpaired) electrons. The van der Waals surface area contributed by atoms with Crippen molar-refractivity contribution in [2.24, 2.45) is 0 Å². The van der Waals surface area contributed by atoms with Crippen LogP contribution >= 0.6 is 0 Å². The van der Waals surface area contributed by atoms with E-state index in [-0.39, 0.29) is 24.3 Å². The van der Waals surface area contributed by atoms with E-state index in [2.05, 4.69) is 15.3 Å². The number of carbonyl (C=O) groups excluding carboxylic acids is 2. The lowest BCUT2D eigenvalue weighted by molar-refractivity contribution is -0.117. The van der Waals surface area contributed by atoms with Crippen molar-refractivity contribution in [3.63, 3.8) is 0 Å². The van der Waals surface area contributed by atoms with Crippen molar-refractivity contribution >= 4 is 17.5 Å². The molecule has 0 spiro atoms. The molecule has 1 atom stereocenters. The van der Waals surface area contributed by atoms with Gasteiger partial charge >= 0.3 is 0 Å². The second-order valence-electron chi connectivity index (χ2n) is 5.79. The first-order chi connectivity index (χ1) is 12.1. The maximum atomic E-state index is 12.3. The van der Waals surface area contributed by atoms with Crippen molar-refractivity contribution in [3.8, 4) is 5.75 Å². The Labute approximate surface area is 146 Å². The molecule has 2 heterocycles. The van der Waals surface area contributed by atoms with Crippen LogP contribution in [0.15, 0.2) is 36.7 Å². The van der Waals surface area contributed by atoms with E-state index in [4.69, 9.17) is 4.74 Å². The van der Waals surface area contributed by atoms with Crippen molar-refractivity contribution < 1.29 is 14.3 Å². The lowest BCUT2D eigenvalue weighted by Crippen LogP contribution is -2.37. The molecule has 25 heavy (non-hydrogen) atoms. The van der Waals surface area contributed by atoms with Crippen LogP contribution in [0.1, 0.15) is 29.5 Å². The standard InChI is InChI=1S/C18H20N4O3/c1-3-16-19-9-12(10-20-16)18(24)21-13-8-17(23)22(11-13)14-6-4-5-7-15(14)25-2/h4-7,9-10,13H,3,8,11H2,1-2H3,(H,21,24)/t13-/m1/s1. The van der Waals surface area contributed by atoms with Crippen molar-refractivity contribution in [1.29, 1.82) is 0 Å². The molecule has 7 nitrogen and oxygen atoms in total. The fourth-order valence-corrected chi connectivity index (χ4v) is 2.81. The number of aryl methyl sites for hydroxylation is 1. The van der Waals surface area contributed by atoms with E-state index in [1.54, 1.807) is 18.1 Å². The Balaban J connectivity index is 1.69. The van der Waals surface area contributed by atoms with Gasteiger partial charge in [0.25, 0.3) is 5.91 Å². The highest BCUT2D eigenvalue weighted by atomic mass is 16.5.